The summed E-state index contributed by atoms with van der Waals surface area (Å²) in [5.74, 6) is -0.515. The number of nitrogens with one attached hydrogen (secondary N) is 1. The number of anilines is 1. The van der Waals surface area contributed by atoms with Crippen molar-refractivity contribution >= 4 is 29.2 Å². The maximum absolute atomic E-state index is 11.9. The summed E-state index contributed by atoms with van der Waals surface area (Å²) in [5, 5.41) is 2.97. The lowest BCUT2D eigenvalue weighted by Gasteiger charge is -2.15. The monoisotopic (exact) mass is 298 g/mol. The Morgan fingerprint density at radius 2 is 2.05 bits per heavy atom. The van der Waals surface area contributed by atoms with Crippen molar-refractivity contribution < 1.29 is 14.3 Å². The zero-order valence-corrected chi connectivity index (χ0v) is 12.5. The number of amides is 1. The molecule has 0 aliphatic carbocycles. The lowest BCUT2D eigenvalue weighted by atomic mass is 10.0. The zero-order chi connectivity index (χ0) is 15.3. The fourth-order valence-corrected chi connectivity index (χ4v) is 1.87. The minimum atomic E-state index is -0.618. The molecule has 1 aromatic carbocycles. The summed E-state index contributed by atoms with van der Waals surface area (Å²) >= 11 is 5.99. The standard InChI is InChI=1S/C14H19ClN2O3/c1-8(2)6-11(16)13(18)17-12-7-9(14(19)20-3)4-5-10(12)15/h4-5,7-8,11H,6,16H2,1-3H3,(H,17,18)/t11-/m0/s1. The second-order valence-electron chi connectivity index (χ2n) is 4.91. The van der Waals surface area contributed by atoms with E-state index in [-0.39, 0.29) is 5.91 Å². The van der Waals surface area contributed by atoms with Gasteiger partial charge in [0, 0.05) is 0 Å². The Morgan fingerprint density at radius 3 is 2.60 bits per heavy atom. The number of methoxy groups -OCH3 is 1. The molecule has 1 rings (SSSR count). The molecule has 1 aromatic rings. The Balaban J connectivity index is 2.86. The van der Waals surface area contributed by atoms with Crippen molar-refractivity contribution in [3.63, 3.8) is 0 Å². The van der Waals surface area contributed by atoms with E-state index in [4.69, 9.17) is 17.3 Å². The molecule has 5 nitrogen and oxygen atoms in total. The highest BCUT2D eigenvalue weighted by Crippen LogP contribution is 2.23. The third kappa shape index (κ3) is 4.51. The third-order valence-electron chi connectivity index (χ3n) is 2.71. The second kappa shape index (κ2) is 7.26. The molecule has 1 amide bonds. The van der Waals surface area contributed by atoms with Gasteiger partial charge in [-0.3, -0.25) is 4.79 Å². The van der Waals surface area contributed by atoms with Crippen molar-refractivity contribution in [1.82, 2.24) is 0 Å². The summed E-state index contributed by atoms with van der Waals surface area (Å²) in [6.07, 6.45) is 0.570. The first-order chi connectivity index (χ1) is 9.35. The van der Waals surface area contributed by atoms with Gasteiger partial charge in [-0.1, -0.05) is 25.4 Å². The van der Waals surface area contributed by atoms with E-state index in [9.17, 15) is 9.59 Å². The molecular formula is C14H19ClN2O3. The van der Waals surface area contributed by atoms with Crippen molar-refractivity contribution in [2.24, 2.45) is 11.7 Å². The van der Waals surface area contributed by atoms with E-state index in [1.165, 1.54) is 25.3 Å². The van der Waals surface area contributed by atoms with Crippen molar-refractivity contribution in [1.29, 1.82) is 0 Å². The minimum absolute atomic E-state index is 0.310. The molecule has 0 fully saturated rings. The number of carbonyl (C=O) groups is 2. The van der Waals surface area contributed by atoms with Gasteiger partial charge in [0.25, 0.3) is 0 Å². The number of carbonyl (C=O) groups excluding carboxylic acids is 2. The number of rotatable bonds is 5. The van der Waals surface area contributed by atoms with E-state index in [0.717, 1.165) is 0 Å². The molecule has 110 valence electrons. The second-order valence-corrected chi connectivity index (χ2v) is 5.32. The number of benzene rings is 1. The van der Waals surface area contributed by atoms with E-state index < -0.39 is 12.0 Å². The van der Waals surface area contributed by atoms with Crippen LogP contribution in [0.5, 0.6) is 0 Å². The number of hydrogen-bond acceptors (Lipinski definition) is 4. The molecule has 0 heterocycles. The molecular weight excluding hydrogens is 280 g/mol. The first-order valence-corrected chi connectivity index (χ1v) is 6.67. The summed E-state index contributed by atoms with van der Waals surface area (Å²) in [7, 11) is 1.29. The van der Waals surface area contributed by atoms with Crippen LogP contribution in [0.25, 0.3) is 0 Å². The normalized spacial score (nSPS) is 12.1. The van der Waals surface area contributed by atoms with Crippen LogP contribution in [0.3, 0.4) is 0 Å². The number of ether oxygens (including phenoxy) is 1. The van der Waals surface area contributed by atoms with E-state index in [2.05, 4.69) is 10.1 Å². The van der Waals surface area contributed by atoms with Crippen LogP contribution < -0.4 is 11.1 Å². The molecule has 0 aromatic heterocycles. The van der Waals surface area contributed by atoms with Crippen molar-refractivity contribution in [2.75, 3.05) is 12.4 Å². The molecule has 0 bridgehead atoms. The van der Waals surface area contributed by atoms with Crippen LogP contribution in [-0.4, -0.2) is 25.0 Å². The van der Waals surface area contributed by atoms with Crippen LogP contribution in [0.15, 0.2) is 18.2 Å². The molecule has 0 spiro atoms. The van der Waals surface area contributed by atoms with Crippen LogP contribution in [0.1, 0.15) is 30.6 Å². The number of halogens is 1. The van der Waals surface area contributed by atoms with Crippen LogP contribution >= 0.6 is 11.6 Å². The van der Waals surface area contributed by atoms with Crippen LogP contribution in [0.4, 0.5) is 5.69 Å². The average Bonchev–Trinajstić information content (AvgIpc) is 2.39. The smallest absolute Gasteiger partial charge is 0.337 e. The summed E-state index contributed by atoms with van der Waals surface area (Å²) in [4.78, 5) is 23.4. The first kappa shape index (κ1) is 16.5. The number of esters is 1. The molecule has 1 atom stereocenters. The van der Waals surface area contributed by atoms with Gasteiger partial charge in [-0.15, -0.1) is 0 Å². The molecule has 6 heteroatoms. The molecule has 0 saturated heterocycles. The van der Waals surface area contributed by atoms with Gasteiger partial charge in [-0.05, 0) is 30.5 Å². The Hall–Kier alpha value is -1.59. The number of hydrogen-bond donors (Lipinski definition) is 2. The SMILES string of the molecule is COC(=O)c1ccc(Cl)c(NC(=O)[C@@H](N)CC(C)C)c1. The van der Waals surface area contributed by atoms with Gasteiger partial charge >= 0.3 is 5.97 Å². The quantitative estimate of drug-likeness (QED) is 0.818. The van der Waals surface area contributed by atoms with Crippen LogP contribution in [0, 0.1) is 5.92 Å². The van der Waals surface area contributed by atoms with E-state index in [1.54, 1.807) is 0 Å². The fraction of sp³-hybridized carbons (Fsp3) is 0.429. The minimum Gasteiger partial charge on any atom is -0.465 e. The van der Waals surface area contributed by atoms with Gasteiger partial charge in [0.05, 0.1) is 29.4 Å². The molecule has 0 saturated carbocycles. The molecule has 0 aliphatic heterocycles. The highest BCUT2D eigenvalue weighted by Gasteiger charge is 2.17. The van der Waals surface area contributed by atoms with E-state index in [0.29, 0.717) is 28.6 Å². The summed E-state index contributed by atoms with van der Waals surface area (Å²) in [6.45, 7) is 3.97. The molecule has 0 aliphatic rings. The third-order valence-corrected chi connectivity index (χ3v) is 3.04. The molecule has 20 heavy (non-hydrogen) atoms. The summed E-state index contributed by atoms with van der Waals surface area (Å²) < 4.78 is 4.62. The van der Waals surface area contributed by atoms with E-state index >= 15 is 0 Å². The topological polar surface area (TPSA) is 81.4 Å². The lowest BCUT2D eigenvalue weighted by molar-refractivity contribution is -0.117. The van der Waals surface area contributed by atoms with Gasteiger partial charge in [-0.25, -0.2) is 4.79 Å². The Labute approximate surface area is 123 Å². The van der Waals surface area contributed by atoms with Crippen molar-refractivity contribution in [3.8, 4) is 0 Å². The average molecular weight is 299 g/mol. The predicted octanol–water partition coefficient (Wildman–Crippen LogP) is 2.44. The maximum atomic E-state index is 11.9. The summed E-state index contributed by atoms with van der Waals surface area (Å²) in [5.41, 5.74) is 6.45. The molecule has 0 radical (unpaired) electrons. The Kier molecular flexibility index (Phi) is 5.98. The largest absolute Gasteiger partial charge is 0.465 e. The van der Waals surface area contributed by atoms with Crippen molar-refractivity contribution in [3.05, 3.63) is 28.8 Å². The Bertz CT molecular complexity index is 503. The van der Waals surface area contributed by atoms with Gasteiger partial charge in [0.2, 0.25) is 5.91 Å². The summed E-state index contributed by atoms with van der Waals surface area (Å²) in [6, 6.07) is 3.90. The predicted molar refractivity (Wildman–Crippen MR) is 78.9 cm³/mol. The maximum Gasteiger partial charge on any atom is 0.337 e. The first-order valence-electron chi connectivity index (χ1n) is 6.29. The number of nitrogens with two attached hydrogens (primary N) is 1. The highest BCUT2D eigenvalue weighted by molar-refractivity contribution is 6.33. The molecule has 0 unspecified atom stereocenters. The Morgan fingerprint density at radius 1 is 1.40 bits per heavy atom. The van der Waals surface area contributed by atoms with Gasteiger partial charge in [-0.2, -0.15) is 0 Å². The fourth-order valence-electron chi connectivity index (χ4n) is 1.71. The van der Waals surface area contributed by atoms with Gasteiger partial charge in [0.15, 0.2) is 0 Å². The zero-order valence-electron chi connectivity index (χ0n) is 11.8. The lowest BCUT2D eigenvalue weighted by Crippen LogP contribution is -2.36. The van der Waals surface area contributed by atoms with Crippen molar-refractivity contribution in [2.45, 2.75) is 26.3 Å². The molecule has 3 N–H and O–H groups in total. The highest BCUT2D eigenvalue weighted by atomic mass is 35.5. The van der Waals surface area contributed by atoms with Gasteiger partial charge < -0.3 is 15.8 Å². The van der Waals surface area contributed by atoms with Gasteiger partial charge in [0.1, 0.15) is 0 Å². The van der Waals surface area contributed by atoms with E-state index in [1.807, 2.05) is 13.8 Å². The van der Waals surface area contributed by atoms with Crippen LogP contribution in [-0.2, 0) is 9.53 Å². The van der Waals surface area contributed by atoms with Crippen LogP contribution in [0.2, 0.25) is 5.02 Å².